The van der Waals surface area contributed by atoms with Gasteiger partial charge in [0, 0.05) is 0 Å². The van der Waals surface area contributed by atoms with E-state index in [-0.39, 0.29) is 6.10 Å². The number of aryl methyl sites for hydroxylation is 2. The lowest BCUT2D eigenvalue weighted by Gasteiger charge is -2.09. The van der Waals surface area contributed by atoms with E-state index in [9.17, 15) is 5.11 Å². The molecule has 0 saturated heterocycles. The Hall–Kier alpha value is -1.02. The van der Waals surface area contributed by atoms with Crippen molar-refractivity contribution in [2.45, 2.75) is 32.8 Å². The first-order chi connectivity index (χ1) is 6.63. The molecule has 0 radical (unpaired) electrons. The molecule has 2 nitrogen and oxygen atoms in total. The zero-order valence-electron chi connectivity index (χ0n) is 9.08. The number of hydrogen-bond donors (Lipinski definition) is 1. The Morgan fingerprint density at radius 1 is 1.43 bits per heavy atom. The highest BCUT2D eigenvalue weighted by atomic mass is 16.5. The number of ether oxygens (including phenoxy) is 1. The van der Waals surface area contributed by atoms with Gasteiger partial charge in [-0.25, -0.2) is 0 Å². The number of aliphatic hydroxyl groups excluding tert-OH is 1. The van der Waals surface area contributed by atoms with Crippen LogP contribution in [0.1, 0.15) is 24.5 Å². The van der Waals surface area contributed by atoms with Crippen molar-refractivity contribution in [2.75, 3.05) is 7.11 Å². The second-order valence-corrected chi connectivity index (χ2v) is 3.68. The van der Waals surface area contributed by atoms with Crippen LogP contribution in [-0.2, 0) is 6.42 Å². The number of rotatable bonds is 4. The predicted octanol–water partition coefficient (Wildman–Crippen LogP) is 2.32. The summed E-state index contributed by atoms with van der Waals surface area (Å²) < 4.78 is 5.13. The normalized spacial score (nSPS) is 12.6. The number of aliphatic hydroxyl groups is 1. The second-order valence-electron chi connectivity index (χ2n) is 3.68. The minimum absolute atomic E-state index is 0.225. The average Bonchev–Trinajstić information content (AvgIpc) is 2.15. The van der Waals surface area contributed by atoms with Crippen molar-refractivity contribution in [1.82, 2.24) is 0 Å². The molecule has 0 aliphatic rings. The molecule has 0 bridgehead atoms. The summed E-state index contributed by atoms with van der Waals surface area (Å²) in [4.78, 5) is 0. The lowest BCUT2D eigenvalue weighted by molar-refractivity contribution is 0.185. The summed E-state index contributed by atoms with van der Waals surface area (Å²) in [6.07, 6.45) is 1.51. The van der Waals surface area contributed by atoms with Crippen LogP contribution in [-0.4, -0.2) is 18.3 Å². The van der Waals surface area contributed by atoms with E-state index in [1.807, 2.05) is 19.1 Å². The first-order valence-electron chi connectivity index (χ1n) is 4.95. The molecule has 1 rings (SSSR count). The van der Waals surface area contributed by atoms with Gasteiger partial charge in [-0.05, 0) is 49.9 Å². The number of benzene rings is 1. The standard InChI is InChI=1S/C12H18O2/c1-9-8-12(14-3)7-6-11(9)5-4-10(2)13/h6-8,10,13H,4-5H2,1-3H3/t10-/m0/s1. The molecule has 0 spiro atoms. The van der Waals surface area contributed by atoms with E-state index >= 15 is 0 Å². The summed E-state index contributed by atoms with van der Waals surface area (Å²) in [7, 11) is 1.67. The van der Waals surface area contributed by atoms with Crippen LogP contribution in [0.3, 0.4) is 0 Å². The Labute approximate surface area is 85.5 Å². The van der Waals surface area contributed by atoms with Gasteiger partial charge in [0.15, 0.2) is 0 Å². The monoisotopic (exact) mass is 194 g/mol. The Morgan fingerprint density at radius 2 is 2.14 bits per heavy atom. The molecule has 1 aromatic carbocycles. The molecule has 1 atom stereocenters. The Balaban J connectivity index is 2.69. The first kappa shape index (κ1) is 11.1. The number of hydrogen-bond acceptors (Lipinski definition) is 2. The molecular weight excluding hydrogens is 176 g/mol. The molecule has 0 amide bonds. The van der Waals surface area contributed by atoms with Gasteiger partial charge in [-0.2, -0.15) is 0 Å². The fraction of sp³-hybridized carbons (Fsp3) is 0.500. The number of methoxy groups -OCH3 is 1. The maximum Gasteiger partial charge on any atom is 0.119 e. The van der Waals surface area contributed by atoms with E-state index in [4.69, 9.17) is 4.74 Å². The minimum atomic E-state index is -0.225. The molecule has 14 heavy (non-hydrogen) atoms. The van der Waals surface area contributed by atoms with Crippen LogP contribution in [0.25, 0.3) is 0 Å². The summed E-state index contributed by atoms with van der Waals surface area (Å²) >= 11 is 0. The Morgan fingerprint density at radius 3 is 2.64 bits per heavy atom. The molecule has 0 unspecified atom stereocenters. The van der Waals surface area contributed by atoms with Crippen molar-refractivity contribution in [3.05, 3.63) is 29.3 Å². The van der Waals surface area contributed by atoms with Crippen LogP contribution in [0.5, 0.6) is 5.75 Å². The third-order valence-electron chi connectivity index (χ3n) is 2.38. The highest BCUT2D eigenvalue weighted by Gasteiger charge is 2.02. The molecule has 2 heteroatoms. The third-order valence-corrected chi connectivity index (χ3v) is 2.38. The third kappa shape index (κ3) is 3.04. The lowest BCUT2D eigenvalue weighted by Crippen LogP contribution is -2.02. The van der Waals surface area contributed by atoms with Crippen molar-refractivity contribution in [2.24, 2.45) is 0 Å². The summed E-state index contributed by atoms with van der Waals surface area (Å²) in [5.74, 6) is 0.892. The largest absolute Gasteiger partial charge is 0.497 e. The average molecular weight is 194 g/mol. The molecule has 0 saturated carbocycles. The van der Waals surface area contributed by atoms with Crippen LogP contribution >= 0.6 is 0 Å². The van der Waals surface area contributed by atoms with Gasteiger partial charge >= 0.3 is 0 Å². The zero-order chi connectivity index (χ0) is 10.6. The van der Waals surface area contributed by atoms with E-state index < -0.39 is 0 Å². The molecule has 0 aliphatic carbocycles. The van der Waals surface area contributed by atoms with E-state index in [2.05, 4.69) is 13.0 Å². The van der Waals surface area contributed by atoms with E-state index in [1.54, 1.807) is 7.11 Å². The van der Waals surface area contributed by atoms with Crippen molar-refractivity contribution >= 4 is 0 Å². The van der Waals surface area contributed by atoms with Gasteiger partial charge in [0.2, 0.25) is 0 Å². The second kappa shape index (κ2) is 5.01. The quantitative estimate of drug-likeness (QED) is 0.797. The minimum Gasteiger partial charge on any atom is -0.497 e. The van der Waals surface area contributed by atoms with Gasteiger partial charge in [0.05, 0.1) is 13.2 Å². The molecule has 78 valence electrons. The predicted molar refractivity (Wildman–Crippen MR) is 57.7 cm³/mol. The summed E-state index contributed by atoms with van der Waals surface area (Å²) in [5, 5.41) is 9.18. The highest BCUT2D eigenvalue weighted by molar-refractivity contribution is 5.34. The Kier molecular flexibility index (Phi) is 3.96. The SMILES string of the molecule is COc1ccc(CC[C@H](C)O)c(C)c1. The van der Waals surface area contributed by atoms with E-state index in [1.165, 1.54) is 11.1 Å². The summed E-state index contributed by atoms with van der Waals surface area (Å²) in [6, 6.07) is 6.05. The fourth-order valence-electron chi connectivity index (χ4n) is 1.44. The van der Waals surface area contributed by atoms with Gasteiger partial charge in [-0.1, -0.05) is 6.07 Å². The molecule has 1 aromatic rings. The Bertz CT molecular complexity index is 292. The van der Waals surface area contributed by atoms with Crippen molar-refractivity contribution in [3.63, 3.8) is 0 Å². The first-order valence-corrected chi connectivity index (χ1v) is 4.95. The fourth-order valence-corrected chi connectivity index (χ4v) is 1.44. The van der Waals surface area contributed by atoms with Gasteiger partial charge in [-0.3, -0.25) is 0 Å². The van der Waals surface area contributed by atoms with Crippen LogP contribution in [0, 0.1) is 6.92 Å². The highest BCUT2D eigenvalue weighted by Crippen LogP contribution is 2.18. The van der Waals surface area contributed by atoms with Gasteiger partial charge in [0.25, 0.3) is 0 Å². The van der Waals surface area contributed by atoms with Crippen molar-refractivity contribution < 1.29 is 9.84 Å². The lowest BCUT2D eigenvalue weighted by atomic mass is 10.0. The van der Waals surface area contributed by atoms with Gasteiger partial charge < -0.3 is 9.84 Å². The molecule has 0 fully saturated rings. The summed E-state index contributed by atoms with van der Waals surface area (Å²) in [6.45, 7) is 3.89. The molecular formula is C12H18O2. The van der Waals surface area contributed by atoms with Crippen LogP contribution in [0.4, 0.5) is 0 Å². The molecule has 0 aromatic heterocycles. The van der Waals surface area contributed by atoms with E-state index in [0.717, 1.165) is 18.6 Å². The molecule has 0 heterocycles. The smallest absolute Gasteiger partial charge is 0.119 e. The maximum absolute atomic E-state index is 9.18. The van der Waals surface area contributed by atoms with Crippen LogP contribution < -0.4 is 4.74 Å². The van der Waals surface area contributed by atoms with Crippen LogP contribution in [0.2, 0.25) is 0 Å². The van der Waals surface area contributed by atoms with Crippen LogP contribution in [0.15, 0.2) is 18.2 Å². The van der Waals surface area contributed by atoms with Crippen molar-refractivity contribution in [1.29, 1.82) is 0 Å². The van der Waals surface area contributed by atoms with E-state index in [0.29, 0.717) is 0 Å². The molecule has 1 N–H and O–H groups in total. The zero-order valence-corrected chi connectivity index (χ0v) is 9.08. The van der Waals surface area contributed by atoms with Crippen molar-refractivity contribution in [3.8, 4) is 5.75 Å². The van der Waals surface area contributed by atoms with Gasteiger partial charge in [-0.15, -0.1) is 0 Å². The topological polar surface area (TPSA) is 29.5 Å². The summed E-state index contributed by atoms with van der Waals surface area (Å²) in [5.41, 5.74) is 2.51. The molecule has 0 aliphatic heterocycles. The maximum atomic E-state index is 9.18. The van der Waals surface area contributed by atoms with Gasteiger partial charge in [0.1, 0.15) is 5.75 Å².